The molecule has 0 aromatic heterocycles. The lowest BCUT2D eigenvalue weighted by Gasteiger charge is -2.16. The molecule has 2 nitrogen and oxygen atoms in total. The zero-order chi connectivity index (χ0) is 9.42. The predicted octanol–water partition coefficient (Wildman–Crippen LogP) is 2.05. The summed E-state index contributed by atoms with van der Waals surface area (Å²) < 4.78 is 0.905. The van der Waals surface area contributed by atoms with Gasteiger partial charge in [0, 0.05) is 12.8 Å². The molecule has 0 aliphatic heterocycles. The van der Waals surface area contributed by atoms with E-state index >= 15 is 0 Å². The molecule has 0 heterocycles. The standard InChI is InChI=1S/C10H9IO2/c11-10-8-3-2-7(12)5-6(8)1-4-9(10)13/h1,4,13H,2-3,5H2. The maximum Gasteiger partial charge on any atom is 0.137 e. The summed E-state index contributed by atoms with van der Waals surface area (Å²) in [5.74, 6) is 0.627. The lowest BCUT2D eigenvalue weighted by molar-refractivity contribution is -0.118. The molecule has 0 unspecified atom stereocenters. The molecule has 1 aliphatic rings. The van der Waals surface area contributed by atoms with E-state index in [1.807, 2.05) is 6.07 Å². The van der Waals surface area contributed by atoms with Gasteiger partial charge in [-0.05, 0) is 46.2 Å². The lowest BCUT2D eigenvalue weighted by atomic mass is 9.91. The Morgan fingerprint density at radius 3 is 2.85 bits per heavy atom. The van der Waals surface area contributed by atoms with Gasteiger partial charge in [-0.25, -0.2) is 0 Å². The Hall–Kier alpha value is -0.580. The van der Waals surface area contributed by atoms with Gasteiger partial charge in [-0.2, -0.15) is 0 Å². The van der Waals surface area contributed by atoms with E-state index in [2.05, 4.69) is 22.6 Å². The first-order valence-electron chi connectivity index (χ1n) is 4.19. The van der Waals surface area contributed by atoms with Crippen molar-refractivity contribution in [2.45, 2.75) is 19.3 Å². The number of Topliss-reactive ketones (excluding diaryl/α,β-unsaturated/α-hetero) is 1. The second kappa shape index (κ2) is 3.29. The maximum atomic E-state index is 11.2. The van der Waals surface area contributed by atoms with Crippen molar-refractivity contribution in [1.29, 1.82) is 0 Å². The van der Waals surface area contributed by atoms with Gasteiger partial charge in [0.1, 0.15) is 11.5 Å². The highest BCUT2D eigenvalue weighted by molar-refractivity contribution is 14.1. The number of halogens is 1. The van der Waals surface area contributed by atoms with Crippen LogP contribution >= 0.6 is 22.6 Å². The minimum Gasteiger partial charge on any atom is -0.507 e. The van der Waals surface area contributed by atoms with Crippen LogP contribution in [-0.4, -0.2) is 10.9 Å². The normalized spacial score (nSPS) is 15.6. The third-order valence-corrected chi connectivity index (χ3v) is 3.57. The Morgan fingerprint density at radius 1 is 1.31 bits per heavy atom. The highest BCUT2D eigenvalue weighted by Gasteiger charge is 2.18. The number of hydrogen-bond donors (Lipinski definition) is 1. The van der Waals surface area contributed by atoms with Gasteiger partial charge in [0.15, 0.2) is 0 Å². The van der Waals surface area contributed by atoms with Crippen LogP contribution in [0.15, 0.2) is 12.1 Å². The van der Waals surface area contributed by atoms with Gasteiger partial charge in [0.05, 0.1) is 3.57 Å². The van der Waals surface area contributed by atoms with E-state index in [1.54, 1.807) is 6.07 Å². The molecule has 13 heavy (non-hydrogen) atoms. The second-order valence-electron chi connectivity index (χ2n) is 3.25. The monoisotopic (exact) mass is 288 g/mol. The number of ketones is 1. The van der Waals surface area contributed by atoms with E-state index in [1.165, 1.54) is 0 Å². The first-order valence-corrected chi connectivity index (χ1v) is 5.27. The average molecular weight is 288 g/mol. The Bertz CT molecular complexity index is 371. The number of phenols is 1. The molecule has 1 aromatic rings. The quantitative estimate of drug-likeness (QED) is 0.742. The molecule has 3 heteroatoms. The molecular formula is C10H9IO2. The summed E-state index contributed by atoms with van der Waals surface area (Å²) in [7, 11) is 0. The maximum absolute atomic E-state index is 11.2. The van der Waals surface area contributed by atoms with Gasteiger partial charge in [-0.15, -0.1) is 0 Å². The Labute approximate surface area is 90.1 Å². The van der Waals surface area contributed by atoms with Crippen molar-refractivity contribution in [3.05, 3.63) is 26.8 Å². The van der Waals surface area contributed by atoms with Crippen LogP contribution in [0.4, 0.5) is 0 Å². The molecule has 0 spiro atoms. The lowest BCUT2D eigenvalue weighted by Crippen LogP contribution is -2.14. The van der Waals surface area contributed by atoms with E-state index in [0.717, 1.165) is 21.1 Å². The van der Waals surface area contributed by atoms with Crippen LogP contribution < -0.4 is 0 Å². The minimum atomic E-state index is 0.300. The van der Waals surface area contributed by atoms with Crippen molar-refractivity contribution in [1.82, 2.24) is 0 Å². The minimum absolute atomic E-state index is 0.300. The molecular weight excluding hydrogens is 279 g/mol. The third kappa shape index (κ3) is 1.57. The van der Waals surface area contributed by atoms with Crippen molar-refractivity contribution < 1.29 is 9.90 Å². The van der Waals surface area contributed by atoms with E-state index in [9.17, 15) is 9.90 Å². The van der Waals surface area contributed by atoms with Gasteiger partial charge in [0.2, 0.25) is 0 Å². The zero-order valence-corrected chi connectivity index (χ0v) is 9.17. The highest BCUT2D eigenvalue weighted by Crippen LogP contribution is 2.30. The van der Waals surface area contributed by atoms with Crippen molar-refractivity contribution in [2.75, 3.05) is 0 Å². The van der Waals surface area contributed by atoms with Gasteiger partial charge in [0.25, 0.3) is 0 Å². The van der Waals surface area contributed by atoms with Gasteiger partial charge < -0.3 is 5.11 Å². The summed E-state index contributed by atoms with van der Waals surface area (Å²) in [4.78, 5) is 11.2. The molecule has 2 rings (SSSR count). The summed E-state index contributed by atoms with van der Waals surface area (Å²) in [6, 6.07) is 3.52. The number of rotatable bonds is 0. The van der Waals surface area contributed by atoms with Crippen LogP contribution in [0.3, 0.4) is 0 Å². The molecule has 1 aliphatic carbocycles. The molecule has 0 bridgehead atoms. The van der Waals surface area contributed by atoms with Crippen molar-refractivity contribution in [3.63, 3.8) is 0 Å². The summed E-state index contributed by atoms with van der Waals surface area (Å²) in [6.45, 7) is 0. The molecule has 0 atom stereocenters. The van der Waals surface area contributed by atoms with Crippen molar-refractivity contribution in [2.24, 2.45) is 0 Å². The van der Waals surface area contributed by atoms with Crippen LogP contribution in [0, 0.1) is 3.57 Å². The second-order valence-corrected chi connectivity index (χ2v) is 4.33. The summed E-state index contributed by atoms with van der Waals surface area (Å²) in [6.07, 6.45) is 1.93. The topological polar surface area (TPSA) is 37.3 Å². The number of aromatic hydroxyl groups is 1. The van der Waals surface area contributed by atoms with Crippen molar-refractivity contribution in [3.8, 4) is 5.75 Å². The smallest absolute Gasteiger partial charge is 0.137 e. The number of phenolic OH excluding ortho intramolecular Hbond substituents is 1. The number of benzene rings is 1. The Morgan fingerprint density at radius 2 is 2.08 bits per heavy atom. The van der Waals surface area contributed by atoms with Crippen LogP contribution in [-0.2, 0) is 17.6 Å². The molecule has 0 amide bonds. The third-order valence-electron chi connectivity index (χ3n) is 2.36. The Balaban J connectivity index is 2.53. The van der Waals surface area contributed by atoms with Crippen LogP contribution in [0.25, 0.3) is 0 Å². The van der Waals surface area contributed by atoms with Gasteiger partial charge in [-0.1, -0.05) is 6.07 Å². The molecule has 1 N–H and O–H groups in total. The van der Waals surface area contributed by atoms with Gasteiger partial charge in [-0.3, -0.25) is 4.79 Å². The van der Waals surface area contributed by atoms with Gasteiger partial charge >= 0.3 is 0 Å². The fourth-order valence-corrected chi connectivity index (χ4v) is 2.45. The fourth-order valence-electron chi connectivity index (χ4n) is 1.65. The molecule has 0 fully saturated rings. The molecule has 0 saturated heterocycles. The molecule has 68 valence electrons. The summed E-state index contributed by atoms with van der Waals surface area (Å²) >= 11 is 2.13. The van der Waals surface area contributed by atoms with Crippen LogP contribution in [0.2, 0.25) is 0 Å². The molecule has 0 saturated carbocycles. The largest absolute Gasteiger partial charge is 0.507 e. The highest BCUT2D eigenvalue weighted by atomic mass is 127. The SMILES string of the molecule is O=C1CCc2c(ccc(O)c2I)C1. The zero-order valence-electron chi connectivity index (χ0n) is 7.01. The van der Waals surface area contributed by atoms with Crippen LogP contribution in [0.1, 0.15) is 17.5 Å². The number of carbonyl (C=O) groups is 1. The predicted molar refractivity (Wildman–Crippen MR) is 57.9 cm³/mol. The average Bonchev–Trinajstić information content (AvgIpc) is 2.12. The van der Waals surface area contributed by atoms with E-state index in [-0.39, 0.29) is 0 Å². The van der Waals surface area contributed by atoms with E-state index < -0.39 is 0 Å². The number of fused-ring (bicyclic) bond motifs is 1. The van der Waals surface area contributed by atoms with Crippen molar-refractivity contribution >= 4 is 28.4 Å². The first kappa shape index (κ1) is 8.99. The van der Waals surface area contributed by atoms with Crippen LogP contribution in [0.5, 0.6) is 5.75 Å². The Kier molecular flexibility index (Phi) is 2.27. The van der Waals surface area contributed by atoms with E-state index in [0.29, 0.717) is 24.4 Å². The summed E-state index contributed by atoms with van der Waals surface area (Å²) in [5.41, 5.74) is 2.23. The first-order chi connectivity index (χ1) is 6.18. The van der Waals surface area contributed by atoms with E-state index in [4.69, 9.17) is 0 Å². The number of carbonyl (C=O) groups excluding carboxylic acids is 1. The molecule has 1 aromatic carbocycles. The molecule has 0 radical (unpaired) electrons. The fraction of sp³-hybridized carbons (Fsp3) is 0.300. The summed E-state index contributed by atoms with van der Waals surface area (Å²) in [5, 5.41) is 9.45. The number of hydrogen-bond acceptors (Lipinski definition) is 2.